The van der Waals surface area contributed by atoms with Crippen molar-refractivity contribution in [3.05, 3.63) is 40.3 Å². The Kier molecular flexibility index (Phi) is 4.74. The van der Waals surface area contributed by atoms with Crippen molar-refractivity contribution in [1.29, 1.82) is 0 Å². The highest BCUT2D eigenvalue weighted by Crippen LogP contribution is 2.39. The Hall–Kier alpha value is -2.25. The quantitative estimate of drug-likeness (QED) is 0.744. The van der Waals surface area contributed by atoms with Crippen molar-refractivity contribution < 1.29 is 19.0 Å². The predicted octanol–water partition coefficient (Wildman–Crippen LogP) is 2.71. The Labute approximate surface area is 156 Å². The molecule has 0 spiro atoms. The number of fused-ring (bicyclic) bond motifs is 1. The van der Waals surface area contributed by atoms with Gasteiger partial charge in [-0.15, -0.1) is 0 Å². The molecule has 4 rings (SSSR count). The van der Waals surface area contributed by atoms with Crippen LogP contribution in [0.4, 0.5) is 0 Å². The van der Waals surface area contributed by atoms with Crippen LogP contribution in [-0.2, 0) is 9.53 Å². The van der Waals surface area contributed by atoms with Crippen LogP contribution in [0.5, 0.6) is 11.5 Å². The molecule has 7 heteroatoms. The van der Waals surface area contributed by atoms with Gasteiger partial charge < -0.3 is 19.1 Å². The van der Waals surface area contributed by atoms with Crippen LogP contribution in [0.1, 0.15) is 12.5 Å². The lowest BCUT2D eigenvalue weighted by Crippen LogP contribution is -2.38. The topological polar surface area (TPSA) is 60.4 Å². The Morgan fingerprint density at radius 1 is 1.35 bits per heavy atom. The maximum absolute atomic E-state index is 12.3. The summed E-state index contributed by atoms with van der Waals surface area (Å²) in [6.45, 7) is 4.83. The van der Waals surface area contributed by atoms with Gasteiger partial charge >= 0.3 is 0 Å². The van der Waals surface area contributed by atoms with Crippen LogP contribution in [-0.4, -0.2) is 55.5 Å². The van der Waals surface area contributed by atoms with Gasteiger partial charge in [0.25, 0.3) is 5.91 Å². The fourth-order valence-corrected chi connectivity index (χ4v) is 4.04. The standard InChI is InChI=1S/C19H20N2O4S/c1-12-14(10-13-4-3-5-15(23-2)17(13)25-12)11-16-18(22)20-19(26-16)21-6-8-24-9-7-21/h3-5,10-12H,6-9H2,1-2H3/b16-11-. The molecule has 3 aliphatic rings. The third kappa shape index (κ3) is 3.24. The molecule has 0 aromatic heterocycles. The summed E-state index contributed by atoms with van der Waals surface area (Å²) in [6.07, 6.45) is 3.75. The van der Waals surface area contributed by atoms with Crippen LogP contribution < -0.4 is 9.47 Å². The summed E-state index contributed by atoms with van der Waals surface area (Å²) in [6, 6.07) is 5.77. The predicted molar refractivity (Wildman–Crippen MR) is 102 cm³/mol. The van der Waals surface area contributed by atoms with E-state index < -0.39 is 0 Å². The maximum atomic E-state index is 12.3. The second kappa shape index (κ2) is 7.17. The fourth-order valence-electron chi connectivity index (χ4n) is 3.07. The molecule has 1 amide bonds. The summed E-state index contributed by atoms with van der Waals surface area (Å²) in [5.41, 5.74) is 1.89. The third-order valence-electron chi connectivity index (χ3n) is 4.50. The van der Waals surface area contributed by atoms with Gasteiger partial charge in [0.15, 0.2) is 16.7 Å². The van der Waals surface area contributed by atoms with Gasteiger partial charge in [0.2, 0.25) is 0 Å². The lowest BCUT2D eigenvalue weighted by atomic mass is 10.0. The number of carbonyl (C=O) groups excluding carboxylic acids is 1. The molecular weight excluding hydrogens is 352 g/mol. The van der Waals surface area contributed by atoms with E-state index in [1.54, 1.807) is 7.11 Å². The number of nitrogens with zero attached hydrogens (tertiary/aromatic N) is 2. The number of hydrogen-bond acceptors (Lipinski definition) is 6. The first-order valence-electron chi connectivity index (χ1n) is 8.56. The zero-order valence-corrected chi connectivity index (χ0v) is 15.5. The summed E-state index contributed by atoms with van der Waals surface area (Å²) in [5.74, 6) is 1.25. The van der Waals surface area contributed by atoms with Crippen molar-refractivity contribution in [2.75, 3.05) is 33.4 Å². The summed E-state index contributed by atoms with van der Waals surface area (Å²) < 4.78 is 16.8. The molecule has 0 N–H and O–H groups in total. The number of aliphatic imine (C=N–C) groups is 1. The van der Waals surface area contributed by atoms with Crippen LogP contribution in [0.25, 0.3) is 6.08 Å². The zero-order valence-electron chi connectivity index (χ0n) is 14.7. The minimum Gasteiger partial charge on any atom is -0.493 e. The highest BCUT2D eigenvalue weighted by Gasteiger charge is 2.29. The first-order valence-corrected chi connectivity index (χ1v) is 9.38. The van der Waals surface area contributed by atoms with E-state index in [2.05, 4.69) is 9.89 Å². The number of para-hydroxylation sites is 1. The number of amides is 1. The number of methoxy groups -OCH3 is 1. The van der Waals surface area contributed by atoms with Gasteiger partial charge in [-0.3, -0.25) is 4.79 Å². The minimum atomic E-state index is -0.193. The van der Waals surface area contributed by atoms with Crippen molar-refractivity contribution in [1.82, 2.24) is 4.90 Å². The number of rotatable bonds is 2. The van der Waals surface area contributed by atoms with E-state index >= 15 is 0 Å². The average molecular weight is 372 g/mol. The zero-order chi connectivity index (χ0) is 18.1. The van der Waals surface area contributed by atoms with Crippen LogP contribution in [0, 0.1) is 0 Å². The second-order valence-electron chi connectivity index (χ2n) is 6.19. The minimum absolute atomic E-state index is 0.174. The number of ether oxygens (including phenoxy) is 3. The second-order valence-corrected chi connectivity index (χ2v) is 7.20. The molecule has 3 aliphatic heterocycles. The number of thioether (sulfide) groups is 1. The van der Waals surface area contributed by atoms with E-state index in [1.165, 1.54) is 11.8 Å². The van der Waals surface area contributed by atoms with Crippen molar-refractivity contribution in [3.63, 3.8) is 0 Å². The van der Waals surface area contributed by atoms with Gasteiger partial charge in [0.1, 0.15) is 6.10 Å². The SMILES string of the molecule is COc1cccc2c1OC(C)C(/C=C1\SC(N3CCOCC3)=NC1=O)=C2. The monoisotopic (exact) mass is 372 g/mol. The van der Waals surface area contributed by atoms with E-state index in [-0.39, 0.29) is 12.0 Å². The first kappa shape index (κ1) is 17.2. The fraction of sp³-hybridized carbons (Fsp3) is 0.368. The Morgan fingerprint density at radius 3 is 2.92 bits per heavy atom. The van der Waals surface area contributed by atoms with E-state index in [1.807, 2.05) is 37.3 Å². The highest BCUT2D eigenvalue weighted by molar-refractivity contribution is 8.18. The Morgan fingerprint density at radius 2 is 2.15 bits per heavy atom. The van der Waals surface area contributed by atoms with Gasteiger partial charge in [-0.25, -0.2) is 0 Å². The highest BCUT2D eigenvalue weighted by atomic mass is 32.2. The number of carbonyl (C=O) groups is 1. The van der Waals surface area contributed by atoms with Crippen LogP contribution in [0.15, 0.2) is 39.7 Å². The first-order chi connectivity index (χ1) is 12.7. The van der Waals surface area contributed by atoms with Crippen molar-refractivity contribution in [2.45, 2.75) is 13.0 Å². The van der Waals surface area contributed by atoms with Gasteiger partial charge in [-0.05, 0) is 42.5 Å². The van der Waals surface area contributed by atoms with E-state index in [0.717, 1.165) is 35.1 Å². The van der Waals surface area contributed by atoms with E-state index in [4.69, 9.17) is 14.2 Å². The molecule has 1 aromatic rings. The molecule has 0 radical (unpaired) electrons. The molecule has 0 aliphatic carbocycles. The smallest absolute Gasteiger partial charge is 0.286 e. The van der Waals surface area contributed by atoms with E-state index in [0.29, 0.717) is 23.9 Å². The van der Waals surface area contributed by atoms with Crippen LogP contribution >= 0.6 is 11.8 Å². The molecule has 3 heterocycles. The molecule has 1 aromatic carbocycles. The van der Waals surface area contributed by atoms with Crippen LogP contribution in [0.2, 0.25) is 0 Å². The normalized spacial score (nSPS) is 24.1. The van der Waals surface area contributed by atoms with Crippen molar-refractivity contribution >= 4 is 28.9 Å². The number of hydrogen-bond donors (Lipinski definition) is 0. The Bertz CT molecular complexity index is 825. The van der Waals surface area contributed by atoms with Crippen molar-refractivity contribution in [3.8, 4) is 11.5 Å². The molecule has 26 heavy (non-hydrogen) atoms. The van der Waals surface area contributed by atoms with Gasteiger partial charge in [0, 0.05) is 18.7 Å². The van der Waals surface area contributed by atoms with Gasteiger partial charge in [0.05, 0.1) is 25.2 Å². The molecule has 1 saturated heterocycles. The summed E-state index contributed by atoms with van der Waals surface area (Å²) in [4.78, 5) is 19.3. The van der Waals surface area contributed by atoms with Gasteiger partial charge in [-0.2, -0.15) is 4.99 Å². The molecular formula is C19H20N2O4S. The molecule has 0 bridgehead atoms. The average Bonchev–Trinajstić information content (AvgIpc) is 3.03. The van der Waals surface area contributed by atoms with Crippen LogP contribution in [0.3, 0.4) is 0 Å². The molecule has 1 fully saturated rings. The molecule has 136 valence electrons. The molecule has 1 unspecified atom stereocenters. The third-order valence-corrected chi connectivity index (χ3v) is 5.55. The van der Waals surface area contributed by atoms with Crippen molar-refractivity contribution in [2.24, 2.45) is 4.99 Å². The summed E-state index contributed by atoms with van der Waals surface area (Å²) >= 11 is 1.42. The largest absolute Gasteiger partial charge is 0.493 e. The lowest BCUT2D eigenvalue weighted by molar-refractivity contribution is -0.113. The number of morpholine rings is 1. The molecule has 6 nitrogen and oxygen atoms in total. The van der Waals surface area contributed by atoms with Gasteiger partial charge in [-0.1, -0.05) is 12.1 Å². The number of benzene rings is 1. The maximum Gasteiger partial charge on any atom is 0.286 e. The molecule has 1 atom stereocenters. The number of amidine groups is 1. The van der Waals surface area contributed by atoms with E-state index in [9.17, 15) is 4.79 Å². The Balaban J connectivity index is 1.58. The summed E-state index contributed by atoms with van der Waals surface area (Å²) in [7, 11) is 1.63. The lowest BCUT2D eigenvalue weighted by Gasteiger charge is -2.27. The molecule has 0 saturated carbocycles. The summed E-state index contributed by atoms with van der Waals surface area (Å²) in [5, 5.41) is 0.761.